The molecule has 0 unspecified atom stereocenters. The molecule has 0 saturated heterocycles. The zero-order chi connectivity index (χ0) is 18.9. The molecular weight excluding hydrogens is 361 g/mol. The standard InChI is InChI=1S/C17H16FN3O4S/c1-24-13-8-4-5-9-14(13)25-10-15(22)20-21-17(26)19-16(23)11-6-2-3-7-12(11)18/h2-9H,10H2,1H3,(H,20,22)(H2,19,21,23,26). The number of halogens is 1. The van der Waals surface area contributed by atoms with Crippen LogP contribution in [0.5, 0.6) is 11.5 Å². The van der Waals surface area contributed by atoms with Crippen molar-refractivity contribution in [3.8, 4) is 11.5 Å². The molecule has 0 aromatic heterocycles. The summed E-state index contributed by atoms with van der Waals surface area (Å²) in [5.74, 6) is -1.07. The first-order valence-electron chi connectivity index (χ1n) is 7.41. The zero-order valence-corrected chi connectivity index (χ0v) is 14.6. The lowest BCUT2D eigenvalue weighted by Crippen LogP contribution is -2.49. The summed E-state index contributed by atoms with van der Waals surface area (Å²) >= 11 is 4.87. The Morgan fingerprint density at radius 1 is 1.04 bits per heavy atom. The van der Waals surface area contributed by atoms with Gasteiger partial charge in [-0.15, -0.1) is 0 Å². The number of amides is 2. The molecule has 2 amide bonds. The van der Waals surface area contributed by atoms with Crippen molar-refractivity contribution in [2.24, 2.45) is 0 Å². The third-order valence-corrected chi connectivity index (χ3v) is 3.29. The fourth-order valence-electron chi connectivity index (χ4n) is 1.89. The molecule has 0 bridgehead atoms. The summed E-state index contributed by atoms with van der Waals surface area (Å²) in [6.07, 6.45) is 0. The first kappa shape index (κ1) is 19.1. The largest absolute Gasteiger partial charge is 0.493 e. The Balaban J connectivity index is 1.77. The molecule has 0 fully saturated rings. The average molecular weight is 377 g/mol. The van der Waals surface area contributed by atoms with Crippen molar-refractivity contribution in [1.29, 1.82) is 0 Å². The number of ether oxygens (including phenoxy) is 2. The summed E-state index contributed by atoms with van der Waals surface area (Å²) in [4.78, 5) is 23.6. The second-order valence-electron chi connectivity index (χ2n) is 4.88. The molecule has 26 heavy (non-hydrogen) atoms. The minimum atomic E-state index is -0.736. The normalized spacial score (nSPS) is 9.77. The number of benzene rings is 2. The molecule has 2 aromatic rings. The van der Waals surface area contributed by atoms with Crippen LogP contribution in [0.25, 0.3) is 0 Å². The van der Waals surface area contributed by atoms with Crippen LogP contribution < -0.4 is 25.6 Å². The third-order valence-electron chi connectivity index (χ3n) is 3.09. The van der Waals surface area contributed by atoms with Gasteiger partial charge >= 0.3 is 0 Å². The van der Waals surface area contributed by atoms with E-state index in [2.05, 4.69) is 16.2 Å². The number of hydrazine groups is 1. The lowest BCUT2D eigenvalue weighted by molar-refractivity contribution is -0.123. The highest BCUT2D eigenvalue weighted by Gasteiger charge is 2.13. The number of carbonyl (C=O) groups is 2. The van der Waals surface area contributed by atoms with Crippen LogP contribution in [0.1, 0.15) is 10.4 Å². The van der Waals surface area contributed by atoms with Gasteiger partial charge in [-0.05, 0) is 36.5 Å². The molecule has 0 heterocycles. The molecule has 0 aliphatic heterocycles. The minimum Gasteiger partial charge on any atom is -0.493 e. The van der Waals surface area contributed by atoms with Crippen molar-refractivity contribution in [3.05, 3.63) is 59.9 Å². The second kappa shape index (κ2) is 9.33. The van der Waals surface area contributed by atoms with Gasteiger partial charge in [0.15, 0.2) is 23.2 Å². The Hall–Kier alpha value is -3.20. The molecule has 0 atom stereocenters. The van der Waals surface area contributed by atoms with Crippen LogP contribution >= 0.6 is 12.2 Å². The van der Waals surface area contributed by atoms with E-state index >= 15 is 0 Å². The fourth-order valence-corrected chi connectivity index (χ4v) is 2.03. The van der Waals surface area contributed by atoms with E-state index in [0.29, 0.717) is 11.5 Å². The van der Waals surface area contributed by atoms with E-state index in [4.69, 9.17) is 21.7 Å². The van der Waals surface area contributed by atoms with E-state index in [1.165, 1.54) is 25.3 Å². The molecule has 3 N–H and O–H groups in total. The van der Waals surface area contributed by atoms with Gasteiger partial charge in [0, 0.05) is 0 Å². The Morgan fingerprint density at radius 2 is 1.69 bits per heavy atom. The van der Waals surface area contributed by atoms with E-state index in [9.17, 15) is 14.0 Å². The highest BCUT2D eigenvalue weighted by Crippen LogP contribution is 2.25. The lowest BCUT2D eigenvalue weighted by atomic mass is 10.2. The van der Waals surface area contributed by atoms with Gasteiger partial charge in [0.1, 0.15) is 5.82 Å². The predicted octanol–water partition coefficient (Wildman–Crippen LogP) is 1.55. The van der Waals surface area contributed by atoms with Crippen molar-refractivity contribution in [2.75, 3.05) is 13.7 Å². The van der Waals surface area contributed by atoms with E-state index in [-0.39, 0.29) is 17.3 Å². The Kier molecular flexibility index (Phi) is 6.86. The molecule has 0 spiro atoms. The van der Waals surface area contributed by atoms with Gasteiger partial charge in [-0.25, -0.2) is 4.39 Å². The molecule has 0 aliphatic rings. The van der Waals surface area contributed by atoms with Crippen LogP contribution in [-0.4, -0.2) is 30.6 Å². The maximum atomic E-state index is 13.5. The molecule has 2 rings (SSSR count). The Morgan fingerprint density at radius 3 is 2.38 bits per heavy atom. The van der Waals surface area contributed by atoms with Crippen LogP contribution in [-0.2, 0) is 4.79 Å². The molecule has 2 aromatic carbocycles. The van der Waals surface area contributed by atoms with Gasteiger partial charge in [0.25, 0.3) is 11.8 Å². The summed E-state index contributed by atoms with van der Waals surface area (Å²) in [5.41, 5.74) is 4.43. The molecule has 0 aliphatic carbocycles. The molecular formula is C17H16FN3O4S. The average Bonchev–Trinajstić information content (AvgIpc) is 2.65. The number of para-hydroxylation sites is 2. The first-order chi connectivity index (χ1) is 12.5. The first-order valence-corrected chi connectivity index (χ1v) is 7.82. The summed E-state index contributed by atoms with van der Waals surface area (Å²) in [7, 11) is 1.49. The highest BCUT2D eigenvalue weighted by molar-refractivity contribution is 7.80. The molecule has 9 heteroatoms. The molecule has 0 radical (unpaired) electrons. The van der Waals surface area contributed by atoms with Gasteiger partial charge in [0.2, 0.25) is 0 Å². The van der Waals surface area contributed by atoms with Gasteiger partial charge in [-0.2, -0.15) is 0 Å². The van der Waals surface area contributed by atoms with Gasteiger partial charge in [-0.3, -0.25) is 25.8 Å². The van der Waals surface area contributed by atoms with Crippen molar-refractivity contribution < 1.29 is 23.5 Å². The van der Waals surface area contributed by atoms with Crippen molar-refractivity contribution >= 4 is 29.1 Å². The monoisotopic (exact) mass is 377 g/mol. The fraction of sp³-hybridized carbons (Fsp3) is 0.118. The number of methoxy groups -OCH3 is 1. The predicted molar refractivity (Wildman–Crippen MR) is 96.2 cm³/mol. The van der Waals surface area contributed by atoms with Crippen LogP contribution in [0.3, 0.4) is 0 Å². The molecule has 0 saturated carbocycles. The minimum absolute atomic E-state index is 0.164. The van der Waals surface area contributed by atoms with Crippen LogP contribution in [0, 0.1) is 5.82 Å². The third kappa shape index (κ3) is 5.42. The summed E-state index contributed by atoms with van der Waals surface area (Å²) in [6.45, 7) is -0.308. The number of hydrogen-bond acceptors (Lipinski definition) is 5. The van der Waals surface area contributed by atoms with E-state index < -0.39 is 17.6 Å². The van der Waals surface area contributed by atoms with E-state index in [1.54, 1.807) is 24.3 Å². The molecule has 136 valence electrons. The van der Waals surface area contributed by atoms with Gasteiger partial charge in [0.05, 0.1) is 12.7 Å². The van der Waals surface area contributed by atoms with Crippen molar-refractivity contribution in [1.82, 2.24) is 16.2 Å². The summed E-state index contributed by atoms with van der Waals surface area (Å²) < 4.78 is 23.9. The maximum absolute atomic E-state index is 13.5. The number of rotatable bonds is 5. The highest BCUT2D eigenvalue weighted by atomic mass is 32.1. The topological polar surface area (TPSA) is 88.7 Å². The number of thiocarbonyl (C=S) groups is 1. The Labute approximate surface area is 154 Å². The number of nitrogens with one attached hydrogen (secondary N) is 3. The van der Waals surface area contributed by atoms with Gasteiger partial charge < -0.3 is 9.47 Å². The summed E-state index contributed by atoms with van der Waals surface area (Å²) in [5, 5.41) is 2.06. The van der Waals surface area contributed by atoms with E-state index in [1.807, 2.05) is 0 Å². The van der Waals surface area contributed by atoms with Crippen LogP contribution in [0.2, 0.25) is 0 Å². The van der Waals surface area contributed by atoms with Crippen molar-refractivity contribution in [3.63, 3.8) is 0 Å². The van der Waals surface area contributed by atoms with Gasteiger partial charge in [-0.1, -0.05) is 24.3 Å². The van der Waals surface area contributed by atoms with Crippen molar-refractivity contribution in [2.45, 2.75) is 0 Å². The number of hydrogen-bond donors (Lipinski definition) is 3. The molecule has 7 nitrogen and oxygen atoms in total. The second-order valence-corrected chi connectivity index (χ2v) is 5.28. The Bertz CT molecular complexity index is 816. The summed E-state index contributed by atoms with van der Waals surface area (Å²) in [6, 6.07) is 12.3. The quantitative estimate of drug-likeness (QED) is 0.541. The SMILES string of the molecule is COc1ccccc1OCC(=O)NNC(=S)NC(=O)c1ccccc1F. The van der Waals surface area contributed by atoms with Crippen LogP contribution in [0.15, 0.2) is 48.5 Å². The van der Waals surface area contributed by atoms with E-state index in [0.717, 1.165) is 6.07 Å². The zero-order valence-electron chi connectivity index (χ0n) is 13.7. The number of carbonyl (C=O) groups excluding carboxylic acids is 2. The lowest BCUT2D eigenvalue weighted by Gasteiger charge is -2.12. The van der Waals surface area contributed by atoms with Crippen LogP contribution in [0.4, 0.5) is 4.39 Å². The maximum Gasteiger partial charge on any atom is 0.276 e. The smallest absolute Gasteiger partial charge is 0.276 e.